The third-order valence-electron chi connectivity index (χ3n) is 5.18. The molecule has 0 aromatic carbocycles. The largest absolute Gasteiger partial charge is 0.458 e. The summed E-state index contributed by atoms with van der Waals surface area (Å²) in [5.74, 6) is -0.112. The van der Waals surface area contributed by atoms with Crippen molar-refractivity contribution in [2.45, 2.75) is 44.9 Å². The van der Waals surface area contributed by atoms with Gasteiger partial charge in [0, 0.05) is 38.7 Å². The molecule has 2 aliphatic rings. The molecular weight excluding hydrogens is 377 g/mol. The zero-order valence-electron chi connectivity index (χ0n) is 15.6. The van der Waals surface area contributed by atoms with Gasteiger partial charge in [-0.25, -0.2) is 4.98 Å². The van der Waals surface area contributed by atoms with E-state index in [1.807, 2.05) is 0 Å². The highest BCUT2D eigenvalue weighted by molar-refractivity contribution is 5.80. The SMILES string of the molecule is CC(=O)N1CCC(C(=O)N2CCCC(Oc3nccc(C(F)(F)F)n3)C2)CC1. The molecule has 0 spiro atoms. The van der Waals surface area contributed by atoms with Gasteiger partial charge in [-0.1, -0.05) is 0 Å². The fourth-order valence-corrected chi connectivity index (χ4v) is 3.64. The van der Waals surface area contributed by atoms with Crippen molar-refractivity contribution in [1.29, 1.82) is 0 Å². The number of ether oxygens (including phenoxy) is 1. The first-order valence-electron chi connectivity index (χ1n) is 9.35. The van der Waals surface area contributed by atoms with Crippen LogP contribution in [0.4, 0.5) is 13.2 Å². The molecule has 2 saturated heterocycles. The maximum absolute atomic E-state index is 12.8. The van der Waals surface area contributed by atoms with Gasteiger partial charge in [-0.15, -0.1) is 0 Å². The van der Waals surface area contributed by atoms with Crippen molar-refractivity contribution in [2.24, 2.45) is 5.92 Å². The minimum Gasteiger partial charge on any atom is -0.458 e. The Labute approximate surface area is 160 Å². The summed E-state index contributed by atoms with van der Waals surface area (Å²) in [6, 6.07) is 0.459. The van der Waals surface area contributed by atoms with Gasteiger partial charge < -0.3 is 14.5 Å². The lowest BCUT2D eigenvalue weighted by Crippen LogP contribution is -2.49. The maximum atomic E-state index is 12.8. The zero-order chi connectivity index (χ0) is 20.3. The summed E-state index contributed by atoms with van der Waals surface area (Å²) in [6.45, 7) is 3.54. The molecule has 1 unspecified atom stereocenters. The number of hydrogen-bond donors (Lipinski definition) is 0. The summed E-state index contributed by atoms with van der Waals surface area (Å²) in [6.07, 6.45) is -1.44. The molecule has 3 rings (SSSR count). The number of nitrogens with zero attached hydrogens (tertiary/aromatic N) is 4. The molecular formula is C18H23F3N4O3. The third kappa shape index (κ3) is 4.90. The smallest absolute Gasteiger partial charge is 0.433 e. The summed E-state index contributed by atoms with van der Waals surface area (Å²) in [7, 11) is 0. The number of piperidine rings is 2. The Kier molecular flexibility index (Phi) is 6.04. The van der Waals surface area contributed by atoms with Crippen molar-refractivity contribution in [3.63, 3.8) is 0 Å². The van der Waals surface area contributed by atoms with E-state index in [2.05, 4.69) is 9.97 Å². The molecule has 3 heterocycles. The predicted octanol–water partition coefficient (Wildman–Crippen LogP) is 2.12. The van der Waals surface area contributed by atoms with Gasteiger partial charge >= 0.3 is 12.2 Å². The van der Waals surface area contributed by atoms with Crippen LogP contribution in [0.25, 0.3) is 0 Å². The Morgan fingerprint density at radius 2 is 1.86 bits per heavy atom. The second-order valence-electron chi connectivity index (χ2n) is 7.17. The first-order chi connectivity index (χ1) is 13.2. The second kappa shape index (κ2) is 8.32. The van der Waals surface area contributed by atoms with Crippen LogP contribution < -0.4 is 4.74 Å². The molecule has 10 heteroatoms. The normalized spacial score (nSPS) is 21.5. The van der Waals surface area contributed by atoms with Crippen LogP contribution in [0.15, 0.2) is 12.3 Å². The van der Waals surface area contributed by atoms with E-state index in [9.17, 15) is 22.8 Å². The standard InChI is InChI=1S/C18H23F3N4O3/c1-12(26)24-9-5-13(6-10-24)16(27)25-8-2-3-14(11-25)28-17-22-7-4-15(23-17)18(19,20)21/h4,7,13-14H,2-3,5-6,8-11H2,1H3. The highest BCUT2D eigenvalue weighted by Crippen LogP contribution is 2.28. The fraction of sp³-hybridized carbons (Fsp3) is 0.667. The van der Waals surface area contributed by atoms with E-state index < -0.39 is 18.0 Å². The van der Waals surface area contributed by atoms with Crippen LogP contribution in [-0.4, -0.2) is 63.9 Å². The molecule has 0 N–H and O–H groups in total. The van der Waals surface area contributed by atoms with E-state index >= 15 is 0 Å². The molecule has 1 atom stereocenters. The first-order valence-corrected chi connectivity index (χ1v) is 9.35. The third-order valence-corrected chi connectivity index (χ3v) is 5.18. The lowest BCUT2D eigenvalue weighted by atomic mass is 9.94. The average molecular weight is 400 g/mol. The van der Waals surface area contributed by atoms with Gasteiger partial charge in [-0.3, -0.25) is 9.59 Å². The van der Waals surface area contributed by atoms with Crippen molar-refractivity contribution >= 4 is 11.8 Å². The van der Waals surface area contributed by atoms with E-state index in [1.165, 1.54) is 6.92 Å². The summed E-state index contributed by atoms with van der Waals surface area (Å²) in [5, 5.41) is 0. The number of alkyl halides is 3. The quantitative estimate of drug-likeness (QED) is 0.777. The Bertz CT molecular complexity index is 720. The van der Waals surface area contributed by atoms with Crippen LogP contribution in [0.3, 0.4) is 0 Å². The molecule has 0 aliphatic carbocycles. The van der Waals surface area contributed by atoms with Gasteiger partial charge in [0.1, 0.15) is 6.10 Å². The zero-order valence-corrected chi connectivity index (χ0v) is 15.6. The Morgan fingerprint density at radius 3 is 2.50 bits per heavy atom. The Hall–Kier alpha value is -2.39. The van der Waals surface area contributed by atoms with Crippen LogP contribution in [0.1, 0.15) is 38.3 Å². The van der Waals surface area contributed by atoms with E-state index in [1.54, 1.807) is 9.80 Å². The van der Waals surface area contributed by atoms with Gasteiger partial charge in [-0.05, 0) is 31.7 Å². The fourth-order valence-electron chi connectivity index (χ4n) is 3.64. The highest BCUT2D eigenvalue weighted by atomic mass is 19.4. The summed E-state index contributed by atoms with van der Waals surface area (Å²) in [5.41, 5.74) is -1.06. The van der Waals surface area contributed by atoms with Crippen molar-refractivity contribution in [1.82, 2.24) is 19.8 Å². The number of hydrogen-bond acceptors (Lipinski definition) is 5. The summed E-state index contributed by atoms with van der Waals surface area (Å²) in [4.78, 5) is 34.8. The number of halogens is 3. The van der Waals surface area contributed by atoms with E-state index in [0.29, 0.717) is 51.9 Å². The van der Waals surface area contributed by atoms with Gasteiger partial charge in [0.25, 0.3) is 0 Å². The van der Waals surface area contributed by atoms with Gasteiger partial charge in [0.2, 0.25) is 11.8 Å². The lowest BCUT2D eigenvalue weighted by Gasteiger charge is -2.37. The summed E-state index contributed by atoms with van der Waals surface area (Å²) < 4.78 is 43.9. The monoisotopic (exact) mass is 400 g/mol. The highest BCUT2D eigenvalue weighted by Gasteiger charge is 2.35. The Morgan fingerprint density at radius 1 is 1.14 bits per heavy atom. The molecule has 0 saturated carbocycles. The number of likely N-dealkylation sites (tertiary alicyclic amines) is 2. The first kappa shape index (κ1) is 20.3. The number of amides is 2. The average Bonchev–Trinajstić information content (AvgIpc) is 2.67. The van der Waals surface area contributed by atoms with Crippen LogP contribution in [0, 0.1) is 5.92 Å². The molecule has 28 heavy (non-hydrogen) atoms. The van der Waals surface area contributed by atoms with Crippen LogP contribution in [-0.2, 0) is 15.8 Å². The molecule has 2 aliphatic heterocycles. The lowest BCUT2D eigenvalue weighted by molar-refractivity contribution is -0.142. The molecule has 154 valence electrons. The van der Waals surface area contributed by atoms with Crippen LogP contribution >= 0.6 is 0 Å². The van der Waals surface area contributed by atoms with Crippen molar-refractivity contribution in [2.75, 3.05) is 26.2 Å². The van der Waals surface area contributed by atoms with Gasteiger partial charge in [0.05, 0.1) is 6.54 Å². The summed E-state index contributed by atoms with van der Waals surface area (Å²) >= 11 is 0. The van der Waals surface area contributed by atoms with E-state index in [0.717, 1.165) is 12.3 Å². The molecule has 0 radical (unpaired) electrons. The number of rotatable bonds is 3. The van der Waals surface area contributed by atoms with E-state index in [4.69, 9.17) is 4.74 Å². The van der Waals surface area contributed by atoms with Crippen LogP contribution in [0.2, 0.25) is 0 Å². The minimum atomic E-state index is -4.57. The second-order valence-corrected chi connectivity index (χ2v) is 7.17. The topological polar surface area (TPSA) is 75.6 Å². The van der Waals surface area contributed by atoms with Crippen LogP contribution in [0.5, 0.6) is 6.01 Å². The van der Waals surface area contributed by atoms with Gasteiger partial charge in [0.15, 0.2) is 5.69 Å². The van der Waals surface area contributed by atoms with Gasteiger partial charge in [-0.2, -0.15) is 18.2 Å². The van der Waals surface area contributed by atoms with E-state index in [-0.39, 0.29) is 23.7 Å². The van der Waals surface area contributed by atoms with Crippen molar-refractivity contribution in [3.8, 4) is 6.01 Å². The minimum absolute atomic E-state index is 0.0124. The number of carbonyl (C=O) groups excluding carboxylic acids is 2. The maximum Gasteiger partial charge on any atom is 0.433 e. The number of carbonyl (C=O) groups is 2. The molecule has 7 nitrogen and oxygen atoms in total. The van der Waals surface area contributed by atoms with Crippen molar-refractivity contribution < 1.29 is 27.5 Å². The molecule has 1 aromatic rings. The predicted molar refractivity (Wildman–Crippen MR) is 92.2 cm³/mol. The molecule has 0 bridgehead atoms. The molecule has 2 fully saturated rings. The van der Waals surface area contributed by atoms with Crippen molar-refractivity contribution in [3.05, 3.63) is 18.0 Å². The molecule has 2 amide bonds. The Balaban J connectivity index is 1.57. The molecule has 1 aromatic heterocycles. The number of aromatic nitrogens is 2.